The van der Waals surface area contributed by atoms with Crippen molar-refractivity contribution in [3.8, 4) is 0 Å². The number of carboxylic acid groups (broad SMARTS) is 1. The molecule has 1 atom stereocenters. The Morgan fingerprint density at radius 1 is 1.19 bits per heavy atom. The Hall–Kier alpha value is -2.86. The smallest absolute Gasteiger partial charge is 0.304 e. The van der Waals surface area contributed by atoms with Crippen molar-refractivity contribution in [1.29, 1.82) is 5.41 Å². The second-order valence-corrected chi connectivity index (χ2v) is 7.03. The summed E-state index contributed by atoms with van der Waals surface area (Å²) in [6, 6.07) is 16.4. The van der Waals surface area contributed by atoms with Gasteiger partial charge in [-0.2, -0.15) is 0 Å². The normalized spacial score (nSPS) is 17.0. The lowest BCUT2D eigenvalue weighted by Gasteiger charge is -2.29. The van der Waals surface area contributed by atoms with E-state index in [2.05, 4.69) is 34.5 Å². The minimum absolute atomic E-state index is 0.0230. The predicted molar refractivity (Wildman–Crippen MR) is 105 cm³/mol. The molecule has 5 N–H and O–H groups in total. The maximum Gasteiger partial charge on any atom is 0.304 e. The van der Waals surface area contributed by atoms with E-state index in [1.165, 1.54) is 11.1 Å². The average Bonchev–Trinajstić information content (AvgIpc) is 2.80. The molecule has 0 amide bonds. The first-order valence-electron chi connectivity index (χ1n) is 9.19. The first kappa shape index (κ1) is 18.9. The van der Waals surface area contributed by atoms with Crippen molar-refractivity contribution >= 4 is 11.9 Å². The van der Waals surface area contributed by atoms with Gasteiger partial charge in [-0.15, -0.1) is 0 Å². The lowest BCUT2D eigenvalue weighted by Crippen LogP contribution is -2.38. The summed E-state index contributed by atoms with van der Waals surface area (Å²) in [4.78, 5) is 13.7. The zero-order chi connectivity index (χ0) is 19.2. The molecule has 0 fully saturated rings. The monoisotopic (exact) mass is 366 g/mol. The fraction of sp³-hybridized carbons (Fsp3) is 0.333. The van der Waals surface area contributed by atoms with Crippen LogP contribution in [0.3, 0.4) is 0 Å². The topological polar surface area (TPSA) is 102 Å². The number of nitrogens with two attached hydrogens (primary N) is 1. The van der Waals surface area contributed by atoms with Crippen LogP contribution in [-0.4, -0.2) is 34.5 Å². The van der Waals surface area contributed by atoms with E-state index in [1.54, 1.807) is 0 Å². The highest BCUT2D eigenvalue weighted by molar-refractivity contribution is 5.74. The molecule has 0 saturated heterocycles. The van der Waals surface area contributed by atoms with E-state index in [-0.39, 0.29) is 18.4 Å². The third-order valence-electron chi connectivity index (χ3n) is 5.03. The van der Waals surface area contributed by atoms with Crippen LogP contribution in [-0.2, 0) is 30.7 Å². The van der Waals surface area contributed by atoms with Gasteiger partial charge in [0.05, 0.1) is 6.42 Å². The Bertz CT molecular complexity index is 821. The maximum absolute atomic E-state index is 11.4. The summed E-state index contributed by atoms with van der Waals surface area (Å²) in [6.45, 7) is 2.05. The SMILES string of the molecule is N=C(N)NCc1cccc(CN2CCc3ccccc3CC2CC(=O)O)c1. The molecular formula is C21H26N4O2. The minimum Gasteiger partial charge on any atom is -0.481 e. The number of guanidine groups is 1. The highest BCUT2D eigenvalue weighted by atomic mass is 16.4. The molecule has 3 rings (SSSR count). The van der Waals surface area contributed by atoms with Crippen LogP contribution in [0.1, 0.15) is 28.7 Å². The van der Waals surface area contributed by atoms with Crippen molar-refractivity contribution in [1.82, 2.24) is 10.2 Å². The molecule has 1 aliphatic heterocycles. The van der Waals surface area contributed by atoms with Crippen LogP contribution in [0.2, 0.25) is 0 Å². The summed E-state index contributed by atoms with van der Waals surface area (Å²) in [5, 5.41) is 19.5. The number of nitrogens with zero attached hydrogens (tertiary/aromatic N) is 1. The summed E-state index contributed by atoms with van der Waals surface area (Å²) < 4.78 is 0. The number of benzene rings is 2. The number of aliphatic carboxylic acids is 1. The van der Waals surface area contributed by atoms with E-state index in [9.17, 15) is 9.90 Å². The van der Waals surface area contributed by atoms with Crippen LogP contribution >= 0.6 is 0 Å². The number of hydrogen-bond donors (Lipinski definition) is 4. The Kier molecular flexibility index (Phi) is 6.08. The standard InChI is InChI=1S/C21H26N4O2/c22-21(23)24-13-15-4-3-5-16(10-15)14-25-9-8-17-6-1-2-7-18(17)11-19(25)12-20(26)27/h1-7,10,19H,8-9,11-14H2,(H,26,27)(H4,22,23,24). The van der Waals surface area contributed by atoms with Gasteiger partial charge in [0.15, 0.2) is 5.96 Å². The molecule has 0 aromatic heterocycles. The van der Waals surface area contributed by atoms with Gasteiger partial charge in [0.1, 0.15) is 0 Å². The molecule has 0 aliphatic carbocycles. The lowest BCUT2D eigenvalue weighted by atomic mass is 9.99. The van der Waals surface area contributed by atoms with Gasteiger partial charge in [0, 0.05) is 25.7 Å². The van der Waals surface area contributed by atoms with Gasteiger partial charge in [-0.3, -0.25) is 15.1 Å². The molecule has 0 saturated carbocycles. The largest absolute Gasteiger partial charge is 0.481 e. The number of carbonyl (C=O) groups is 1. The lowest BCUT2D eigenvalue weighted by molar-refractivity contribution is -0.138. The molecule has 27 heavy (non-hydrogen) atoms. The molecule has 0 bridgehead atoms. The van der Waals surface area contributed by atoms with Gasteiger partial charge in [0.25, 0.3) is 0 Å². The zero-order valence-corrected chi connectivity index (χ0v) is 15.3. The molecule has 2 aromatic rings. The van der Waals surface area contributed by atoms with Crippen molar-refractivity contribution in [3.05, 3.63) is 70.8 Å². The first-order chi connectivity index (χ1) is 13.0. The minimum atomic E-state index is -0.760. The van der Waals surface area contributed by atoms with Gasteiger partial charge >= 0.3 is 5.97 Å². The highest BCUT2D eigenvalue weighted by Gasteiger charge is 2.25. The second-order valence-electron chi connectivity index (χ2n) is 7.03. The van der Waals surface area contributed by atoms with Crippen LogP contribution in [0.15, 0.2) is 48.5 Å². The average molecular weight is 366 g/mol. The fourth-order valence-corrected chi connectivity index (χ4v) is 3.71. The maximum atomic E-state index is 11.4. The van der Waals surface area contributed by atoms with Crippen LogP contribution in [0.25, 0.3) is 0 Å². The second kappa shape index (κ2) is 8.68. The van der Waals surface area contributed by atoms with Gasteiger partial charge < -0.3 is 16.2 Å². The Morgan fingerprint density at radius 3 is 2.67 bits per heavy atom. The Labute approximate surface area is 159 Å². The molecule has 142 valence electrons. The van der Waals surface area contributed by atoms with Crippen molar-refractivity contribution < 1.29 is 9.90 Å². The molecule has 1 aliphatic rings. The predicted octanol–water partition coefficient (Wildman–Crippen LogP) is 2.11. The summed E-state index contributed by atoms with van der Waals surface area (Å²) in [7, 11) is 0. The number of hydrogen-bond acceptors (Lipinski definition) is 3. The quantitative estimate of drug-likeness (QED) is 0.463. The molecule has 6 nitrogen and oxygen atoms in total. The summed E-state index contributed by atoms with van der Waals surface area (Å²) in [5.74, 6) is -0.809. The number of carboxylic acids is 1. The summed E-state index contributed by atoms with van der Waals surface area (Å²) in [6.07, 6.45) is 1.83. The Balaban J connectivity index is 1.76. The van der Waals surface area contributed by atoms with E-state index in [1.807, 2.05) is 24.3 Å². The summed E-state index contributed by atoms with van der Waals surface area (Å²) in [5.41, 5.74) is 10.1. The molecule has 1 heterocycles. The van der Waals surface area contributed by atoms with Gasteiger partial charge in [0.2, 0.25) is 0 Å². The van der Waals surface area contributed by atoms with Crippen molar-refractivity contribution in [2.24, 2.45) is 5.73 Å². The number of nitrogens with one attached hydrogen (secondary N) is 2. The summed E-state index contributed by atoms with van der Waals surface area (Å²) >= 11 is 0. The van der Waals surface area contributed by atoms with Crippen LogP contribution < -0.4 is 11.1 Å². The van der Waals surface area contributed by atoms with E-state index >= 15 is 0 Å². The molecule has 0 radical (unpaired) electrons. The molecule has 2 aromatic carbocycles. The van der Waals surface area contributed by atoms with Gasteiger partial charge in [-0.1, -0.05) is 48.5 Å². The van der Waals surface area contributed by atoms with Crippen molar-refractivity contribution in [2.75, 3.05) is 6.54 Å². The van der Waals surface area contributed by atoms with Crippen LogP contribution in [0.4, 0.5) is 0 Å². The number of fused-ring (bicyclic) bond motifs is 1. The van der Waals surface area contributed by atoms with Gasteiger partial charge in [-0.05, 0) is 35.1 Å². The fourth-order valence-electron chi connectivity index (χ4n) is 3.71. The third-order valence-corrected chi connectivity index (χ3v) is 5.03. The van der Waals surface area contributed by atoms with E-state index < -0.39 is 5.97 Å². The molecular weight excluding hydrogens is 340 g/mol. The van der Waals surface area contributed by atoms with E-state index in [4.69, 9.17) is 11.1 Å². The zero-order valence-electron chi connectivity index (χ0n) is 15.3. The molecule has 1 unspecified atom stereocenters. The van der Waals surface area contributed by atoms with E-state index in [0.29, 0.717) is 13.1 Å². The van der Waals surface area contributed by atoms with Crippen LogP contribution in [0.5, 0.6) is 0 Å². The van der Waals surface area contributed by atoms with Crippen LogP contribution in [0, 0.1) is 5.41 Å². The molecule has 0 spiro atoms. The van der Waals surface area contributed by atoms with Crippen molar-refractivity contribution in [2.45, 2.75) is 38.4 Å². The number of rotatable bonds is 6. The highest BCUT2D eigenvalue weighted by Crippen LogP contribution is 2.23. The van der Waals surface area contributed by atoms with E-state index in [0.717, 1.165) is 30.5 Å². The molecule has 6 heteroatoms. The third kappa shape index (κ3) is 5.31. The van der Waals surface area contributed by atoms with Gasteiger partial charge in [-0.25, -0.2) is 0 Å². The Morgan fingerprint density at radius 2 is 1.93 bits per heavy atom. The van der Waals surface area contributed by atoms with Crippen molar-refractivity contribution in [3.63, 3.8) is 0 Å². The first-order valence-corrected chi connectivity index (χ1v) is 9.19.